The molecule has 6 heteroatoms. The van der Waals surface area contributed by atoms with E-state index in [9.17, 15) is 14.0 Å². The number of halogens is 2. The Balaban J connectivity index is 2.85. The van der Waals surface area contributed by atoms with Crippen molar-refractivity contribution in [3.63, 3.8) is 0 Å². The fraction of sp³-hybridized carbons (Fsp3) is 0.333. The Morgan fingerprint density at radius 2 is 2.06 bits per heavy atom. The summed E-state index contributed by atoms with van der Waals surface area (Å²) in [6.07, 6.45) is 0.0382. The van der Waals surface area contributed by atoms with Crippen molar-refractivity contribution < 1.29 is 14.0 Å². The minimum atomic E-state index is -0.736. The molecule has 0 radical (unpaired) electrons. The summed E-state index contributed by atoms with van der Waals surface area (Å²) in [5.74, 6) is -1.24. The highest BCUT2D eigenvalue weighted by Crippen LogP contribution is 2.16. The third-order valence-electron chi connectivity index (χ3n) is 2.24. The molecule has 98 valence electrons. The van der Waals surface area contributed by atoms with Gasteiger partial charge < -0.3 is 11.1 Å². The highest BCUT2D eigenvalue weighted by molar-refractivity contribution is 14.1. The molecule has 2 amide bonds. The number of nitrogens with two attached hydrogens (primary N) is 1. The standard InChI is InChI=1S/C12H14FIN2O2/c1-12(2,6-10(15)17)16-11(18)8-4-3-7(13)5-9(8)14/h3-5H,6H2,1-2H3,(H2,15,17)(H,16,18). The van der Waals surface area contributed by atoms with Crippen molar-refractivity contribution in [1.82, 2.24) is 5.32 Å². The lowest BCUT2D eigenvalue weighted by Gasteiger charge is -2.25. The predicted octanol–water partition coefficient (Wildman–Crippen LogP) is 1.81. The number of hydrogen-bond acceptors (Lipinski definition) is 2. The number of nitrogens with one attached hydrogen (secondary N) is 1. The lowest BCUT2D eigenvalue weighted by molar-refractivity contribution is -0.119. The molecule has 0 fully saturated rings. The predicted molar refractivity (Wildman–Crippen MR) is 74.5 cm³/mol. The molecule has 0 spiro atoms. The van der Waals surface area contributed by atoms with E-state index in [0.29, 0.717) is 9.13 Å². The van der Waals surface area contributed by atoms with E-state index in [-0.39, 0.29) is 12.3 Å². The lowest BCUT2D eigenvalue weighted by Crippen LogP contribution is -2.46. The normalized spacial score (nSPS) is 11.1. The Morgan fingerprint density at radius 1 is 1.44 bits per heavy atom. The molecule has 0 aliphatic rings. The molecule has 0 unspecified atom stereocenters. The molecule has 0 aliphatic carbocycles. The zero-order valence-corrected chi connectivity index (χ0v) is 12.2. The zero-order chi connectivity index (χ0) is 13.9. The van der Waals surface area contributed by atoms with Crippen LogP contribution in [-0.2, 0) is 4.79 Å². The van der Waals surface area contributed by atoms with E-state index in [4.69, 9.17) is 5.73 Å². The van der Waals surface area contributed by atoms with Crippen LogP contribution in [0.15, 0.2) is 18.2 Å². The summed E-state index contributed by atoms with van der Waals surface area (Å²) in [4.78, 5) is 22.8. The Kier molecular flexibility index (Phi) is 4.66. The minimum Gasteiger partial charge on any atom is -0.370 e. The first-order chi connectivity index (χ1) is 8.21. The van der Waals surface area contributed by atoms with Gasteiger partial charge in [0.1, 0.15) is 5.82 Å². The van der Waals surface area contributed by atoms with Crippen molar-refractivity contribution in [2.24, 2.45) is 5.73 Å². The van der Waals surface area contributed by atoms with Crippen LogP contribution in [0.1, 0.15) is 30.6 Å². The molecule has 0 aliphatic heterocycles. The maximum Gasteiger partial charge on any atom is 0.252 e. The van der Waals surface area contributed by atoms with E-state index in [1.807, 2.05) is 22.6 Å². The second-order valence-electron chi connectivity index (χ2n) is 4.61. The summed E-state index contributed by atoms with van der Waals surface area (Å²) < 4.78 is 13.4. The molecule has 3 N–H and O–H groups in total. The lowest BCUT2D eigenvalue weighted by atomic mass is 9.99. The van der Waals surface area contributed by atoms with Gasteiger partial charge in [0.2, 0.25) is 5.91 Å². The molecule has 0 heterocycles. The van der Waals surface area contributed by atoms with Gasteiger partial charge in [-0.05, 0) is 54.6 Å². The molecular weight excluding hydrogens is 350 g/mol. The van der Waals surface area contributed by atoms with E-state index in [1.165, 1.54) is 18.2 Å². The maximum atomic E-state index is 12.9. The van der Waals surface area contributed by atoms with Crippen LogP contribution in [0.2, 0.25) is 0 Å². The van der Waals surface area contributed by atoms with Crippen molar-refractivity contribution in [2.45, 2.75) is 25.8 Å². The smallest absolute Gasteiger partial charge is 0.252 e. The van der Waals surface area contributed by atoms with Crippen LogP contribution in [0.5, 0.6) is 0 Å². The number of primary amides is 1. The molecule has 1 aromatic rings. The summed E-state index contributed by atoms with van der Waals surface area (Å²) in [5.41, 5.74) is 4.74. The Labute approximate surface area is 118 Å². The van der Waals surface area contributed by atoms with E-state index in [2.05, 4.69) is 5.32 Å². The average Bonchev–Trinajstić information content (AvgIpc) is 2.13. The first-order valence-electron chi connectivity index (χ1n) is 5.27. The van der Waals surface area contributed by atoms with Crippen molar-refractivity contribution in [2.75, 3.05) is 0 Å². The SMILES string of the molecule is CC(C)(CC(N)=O)NC(=O)c1ccc(F)cc1I. The van der Waals surface area contributed by atoms with Gasteiger partial charge in [0, 0.05) is 15.5 Å². The number of amides is 2. The monoisotopic (exact) mass is 364 g/mol. The molecule has 0 bridgehead atoms. The van der Waals surface area contributed by atoms with Crippen LogP contribution >= 0.6 is 22.6 Å². The molecule has 0 aromatic heterocycles. The second kappa shape index (κ2) is 5.64. The Hall–Kier alpha value is -1.18. The summed E-state index contributed by atoms with van der Waals surface area (Å²) in [6.45, 7) is 3.40. The average molecular weight is 364 g/mol. The minimum absolute atomic E-state index is 0.0382. The van der Waals surface area contributed by atoms with Gasteiger partial charge in [0.05, 0.1) is 5.56 Å². The Bertz CT molecular complexity index is 489. The highest BCUT2D eigenvalue weighted by atomic mass is 127. The van der Waals surface area contributed by atoms with Gasteiger partial charge in [0.25, 0.3) is 5.91 Å². The number of carbonyl (C=O) groups excluding carboxylic acids is 2. The van der Waals surface area contributed by atoms with Crippen LogP contribution in [0.3, 0.4) is 0 Å². The number of hydrogen-bond donors (Lipinski definition) is 2. The quantitative estimate of drug-likeness (QED) is 0.800. The molecule has 0 atom stereocenters. The number of benzene rings is 1. The molecule has 0 saturated carbocycles. The van der Waals surface area contributed by atoms with Crippen LogP contribution in [0.25, 0.3) is 0 Å². The van der Waals surface area contributed by atoms with E-state index >= 15 is 0 Å². The molecule has 1 rings (SSSR count). The fourth-order valence-corrected chi connectivity index (χ4v) is 2.25. The maximum absolute atomic E-state index is 12.9. The van der Waals surface area contributed by atoms with Crippen LogP contribution in [0.4, 0.5) is 4.39 Å². The third-order valence-corrected chi connectivity index (χ3v) is 3.14. The van der Waals surface area contributed by atoms with Gasteiger partial charge in [-0.15, -0.1) is 0 Å². The largest absolute Gasteiger partial charge is 0.370 e. The van der Waals surface area contributed by atoms with Gasteiger partial charge in [0.15, 0.2) is 0 Å². The first-order valence-corrected chi connectivity index (χ1v) is 6.35. The fourth-order valence-electron chi connectivity index (χ4n) is 1.53. The van der Waals surface area contributed by atoms with E-state index < -0.39 is 17.3 Å². The van der Waals surface area contributed by atoms with Crippen molar-refractivity contribution in [3.05, 3.63) is 33.1 Å². The molecule has 1 aromatic carbocycles. The topological polar surface area (TPSA) is 72.2 Å². The molecule has 4 nitrogen and oxygen atoms in total. The second-order valence-corrected chi connectivity index (χ2v) is 5.77. The van der Waals surface area contributed by atoms with Crippen molar-refractivity contribution >= 4 is 34.4 Å². The van der Waals surface area contributed by atoms with Crippen LogP contribution in [-0.4, -0.2) is 17.4 Å². The number of rotatable bonds is 4. The summed E-state index contributed by atoms with van der Waals surface area (Å²) in [6, 6.07) is 3.90. The van der Waals surface area contributed by atoms with Gasteiger partial charge in [-0.25, -0.2) is 4.39 Å². The zero-order valence-electron chi connectivity index (χ0n) is 10.1. The third kappa shape index (κ3) is 4.25. The van der Waals surface area contributed by atoms with Crippen LogP contribution < -0.4 is 11.1 Å². The summed E-state index contributed by atoms with van der Waals surface area (Å²) in [7, 11) is 0. The molecular formula is C12H14FIN2O2. The number of carbonyl (C=O) groups is 2. The summed E-state index contributed by atoms with van der Waals surface area (Å²) in [5, 5.41) is 2.70. The van der Waals surface area contributed by atoms with E-state index in [0.717, 1.165) is 0 Å². The van der Waals surface area contributed by atoms with Crippen molar-refractivity contribution in [3.8, 4) is 0 Å². The van der Waals surface area contributed by atoms with Gasteiger partial charge in [-0.3, -0.25) is 9.59 Å². The van der Waals surface area contributed by atoms with Gasteiger partial charge in [-0.2, -0.15) is 0 Å². The molecule has 0 saturated heterocycles. The summed E-state index contributed by atoms with van der Waals surface area (Å²) >= 11 is 1.89. The first kappa shape index (κ1) is 14.9. The van der Waals surface area contributed by atoms with Gasteiger partial charge >= 0.3 is 0 Å². The Morgan fingerprint density at radius 3 is 2.56 bits per heavy atom. The van der Waals surface area contributed by atoms with E-state index in [1.54, 1.807) is 13.8 Å². The van der Waals surface area contributed by atoms with Crippen LogP contribution in [0, 0.1) is 9.39 Å². The highest BCUT2D eigenvalue weighted by Gasteiger charge is 2.24. The van der Waals surface area contributed by atoms with Crippen molar-refractivity contribution in [1.29, 1.82) is 0 Å². The molecule has 18 heavy (non-hydrogen) atoms. The van der Waals surface area contributed by atoms with Gasteiger partial charge in [-0.1, -0.05) is 0 Å².